The Kier molecular flexibility index (Phi) is 4.73. The Balaban J connectivity index is 1.84. The van der Waals surface area contributed by atoms with E-state index >= 15 is 0 Å². The van der Waals surface area contributed by atoms with E-state index in [1.165, 1.54) is 0 Å². The summed E-state index contributed by atoms with van der Waals surface area (Å²) in [5.74, 6) is 0.561. The second kappa shape index (κ2) is 6.94. The Morgan fingerprint density at radius 2 is 2.08 bits per heavy atom. The average Bonchev–Trinajstić information content (AvgIpc) is 3.02. The van der Waals surface area contributed by atoms with Crippen LogP contribution in [0.25, 0.3) is 0 Å². The lowest BCUT2D eigenvalue weighted by atomic mass is 9.95. The van der Waals surface area contributed by atoms with E-state index in [-0.39, 0.29) is 18.0 Å². The molecule has 8 heteroatoms. The molecule has 1 amide bonds. The lowest BCUT2D eigenvalue weighted by Crippen LogP contribution is -2.46. The second-order valence-corrected chi connectivity index (χ2v) is 6.00. The first kappa shape index (κ1) is 16.4. The summed E-state index contributed by atoms with van der Waals surface area (Å²) in [5.41, 5.74) is 2.85. The number of carbonyl (C=O) groups is 1. The molecular formula is C16H23N7O. The number of rotatable bonds is 5. The number of carbonyl (C=O) groups excluding carboxylic acids is 1. The van der Waals surface area contributed by atoms with Gasteiger partial charge in [-0.3, -0.25) is 4.79 Å². The highest BCUT2D eigenvalue weighted by Crippen LogP contribution is 2.26. The molecule has 0 saturated carbocycles. The van der Waals surface area contributed by atoms with Gasteiger partial charge in [0.05, 0.1) is 41.7 Å². The summed E-state index contributed by atoms with van der Waals surface area (Å²) in [6, 6.07) is -0.171. The maximum Gasteiger partial charge on any atom is 0.243 e. The Bertz CT molecular complexity index is 727. The number of anilines is 1. The highest BCUT2D eigenvalue weighted by Gasteiger charge is 2.32. The van der Waals surface area contributed by atoms with Crippen molar-refractivity contribution in [3.8, 4) is 0 Å². The Hall–Kier alpha value is -2.51. The molecule has 24 heavy (non-hydrogen) atoms. The summed E-state index contributed by atoms with van der Waals surface area (Å²) < 4.78 is 1.92. The Labute approximate surface area is 141 Å². The largest absolute Gasteiger partial charge is 0.348 e. The van der Waals surface area contributed by atoms with Gasteiger partial charge in [0.25, 0.3) is 0 Å². The van der Waals surface area contributed by atoms with Crippen LogP contribution in [0.3, 0.4) is 0 Å². The highest BCUT2D eigenvalue weighted by atomic mass is 16.1. The van der Waals surface area contributed by atoms with Gasteiger partial charge in [-0.2, -0.15) is 5.10 Å². The predicted octanol–water partition coefficient (Wildman–Crippen LogP) is 1.16. The zero-order valence-electron chi connectivity index (χ0n) is 14.3. The zero-order chi connectivity index (χ0) is 17.1. The molecule has 8 nitrogen and oxygen atoms in total. The first-order valence-electron chi connectivity index (χ1n) is 8.37. The van der Waals surface area contributed by atoms with Crippen molar-refractivity contribution in [2.75, 3.05) is 5.32 Å². The van der Waals surface area contributed by atoms with Gasteiger partial charge < -0.3 is 15.2 Å². The predicted molar refractivity (Wildman–Crippen MR) is 89.3 cm³/mol. The number of nitrogens with one attached hydrogen (secondary N) is 2. The molecule has 1 fully saturated rings. The molecule has 0 bridgehead atoms. The van der Waals surface area contributed by atoms with Crippen molar-refractivity contribution in [1.29, 1.82) is 0 Å². The first-order chi connectivity index (χ1) is 11.6. The number of piperidine rings is 1. The van der Waals surface area contributed by atoms with E-state index in [9.17, 15) is 4.79 Å². The third-order valence-corrected chi connectivity index (χ3v) is 4.40. The van der Waals surface area contributed by atoms with Gasteiger partial charge in [-0.25, -0.2) is 9.97 Å². The van der Waals surface area contributed by atoms with Crippen LogP contribution in [0.1, 0.15) is 49.8 Å². The summed E-state index contributed by atoms with van der Waals surface area (Å²) in [5, 5.41) is 14.9. The summed E-state index contributed by atoms with van der Waals surface area (Å²) >= 11 is 0. The highest BCUT2D eigenvalue weighted by molar-refractivity contribution is 5.77. The molecule has 1 saturated heterocycles. The van der Waals surface area contributed by atoms with E-state index in [1.54, 1.807) is 12.5 Å². The fourth-order valence-electron chi connectivity index (χ4n) is 3.07. The van der Waals surface area contributed by atoms with E-state index in [1.807, 2.05) is 18.5 Å². The van der Waals surface area contributed by atoms with Crippen LogP contribution in [0.15, 0.2) is 12.5 Å². The molecule has 3 rings (SSSR count). The minimum absolute atomic E-state index is 0.00270. The summed E-state index contributed by atoms with van der Waals surface area (Å²) in [4.78, 5) is 20.6. The van der Waals surface area contributed by atoms with Crippen LogP contribution in [0.2, 0.25) is 0 Å². The molecule has 1 aliphatic rings. The van der Waals surface area contributed by atoms with E-state index < -0.39 is 0 Å². The number of aryl methyl sites for hydroxylation is 3. The van der Waals surface area contributed by atoms with Gasteiger partial charge in [0.15, 0.2) is 0 Å². The first-order valence-corrected chi connectivity index (χ1v) is 8.37. The fraction of sp³-hybridized carbons (Fsp3) is 0.562. The normalized spacial score (nSPS) is 20.7. The van der Waals surface area contributed by atoms with E-state index in [0.29, 0.717) is 18.8 Å². The molecule has 1 aliphatic heterocycles. The third-order valence-electron chi connectivity index (χ3n) is 4.40. The molecule has 0 aliphatic carbocycles. The SMILES string of the molecule is CCc1nnc(N[C@@H]2CCC(=O)N[C@H]2c2cncn2C)nc1CC. The number of nitrogens with zero attached hydrogens (tertiary/aromatic N) is 5. The van der Waals surface area contributed by atoms with Gasteiger partial charge in [0, 0.05) is 13.5 Å². The Morgan fingerprint density at radius 3 is 2.75 bits per heavy atom. The zero-order valence-corrected chi connectivity index (χ0v) is 14.3. The minimum Gasteiger partial charge on any atom is -0.348 e. The van der Waals surface area contributed by atoms with Gasteiger partial charge in [-0.05, 0) is 19.3 Å². The molecule has 2 atom stereocenters. The molecule has 2 aromatic rings. The second-order valence-electron chi connectivity index (χ2n) is 6.00. The van der Waals surface area contributed by atoms with Crippen molar-refractivity contribution >= 4 is 11.9 Å². The maximum absolute atomic E-state index is 11.8. The summed E-state index contributed by atoms with van der Waals surface area (Å²) in [6.07, 6.45) is 6.34. The van der Waals surface area contributed by atoms with Crippen LogP contribution >= 0.6 is 0 Å². The van der Waals surface area contributed by atoms with Gasteiger partial charge in [0.1, 0.15) is 0 Å². The van der Waals surface area contributed by atoms with Crippen LogP contribution in [-0.2, 0) is 24.7 Å². The average molecular weight is 329 g/mol. The van der Waals surface area contributed by atoms with Crippen LogP contribution < -0.4 is 10.6 Å². The molecule has 3 heterocycles. The van der Waals surface area contributed by atoms with E-state index in [2.05, 4.69) is 37.7 Å². The maximum atomic E-state index is 11.8. The molecular weight excluding hydrogens is 306 g/mol. The van der Waals surface area contributed by atoms with Crippen molar-refractivity contribution in [3.63, 3.8) is 0 Å². The van der Waals surface area contributed by atoms with E-state index in [4.69, 9.17) is 0 Å². The third kappa shape index (κ3) is 3.22. The Morgan fingerprint density at radius 1 is 1.29 bits per heavy atom. The fourth-order valence-corrected chi connectivity index (χ4v) is 3.07. The van der Waals surface area contributed by atoms with Crippen molar-refractivity contribution in [3.05, 3.63) is 29.6 Å². The lowest BCUT2D eigenvalue weighted by Gasteiger charge is -2.32. The number of imidazole rings is 1. The molecule has 2 N–H and O–H groups in total. The monoisotopic (exact) mass is 329 g/mol. The van der Waals surface area contributed by atoms with Crippen molar-refractivity contribution in [2.24, 2.45) is 7.05 Å². The molecule has 128 valence electrons. The molecule has 0 aromatic carbocycles. The summed E-state index contributed by atoms with van der Waals surface area (Å²) in [6.45, 7) is 4.11. The van der Waals surface area contributed by atoms with Gasteiger partial charge in [-0.1, -0.05) is 13.8 Å². The van der Waals surface area contributed by atoms with Crippen LogP contribution in [-0.4, -0.2) is 36.7 Å². The smallest absolute Gasteiger partial charge is 0.243 e. The van der Waals surface area contributed by atoms with Crippen LogP contribution in [0, 0.1) is 0 Å². The van der Waals surface area contributed by atoms with Crippen LogP contribution in [0.5, 0.6) is 0 Å². The van der Waals surface area contributed by atoms with Gasteiger partial charge in [-0.15, -0.1) is 5.10 Å². The number of aromatic nitrogens is 5. The van der Waals surface area contributed by atoms with E-state index in [0.717, 1.165) is 29.9 Å². The van der Waals surface area contributed by atoms with Gasteiger partial charge >= 0.3 is 0 Å². The number of hydrogen-bond donors (Lipinski definition) is 2. The molecule has 0 unspecified atom stereocenters. The van der Waals surface area contributed by atoms with Gasteiger partial charge in [0.2, 0.25) is 11.9 Å². The van der Waals surface area contributed by atoms with Crippen molar-refractivity contribution in [2.45, 2.75) is 51.6 Å². The lowest BCUT2D eigenvalue weighted by molar-refractivity contribution is -0.123. The van der Waals surface area contributed by atoms with Crippen molar-refractivity contribution in [1.82, 2.24) is 30.0 Å². The molecule has 2 aromatic heterocycles. The quantitative estimate of drug-likeness (QED) is 0.854. The topological polar surface area (TPSA) is 97.6 Å². The number of hydrogen-bond acceptors (Lipinski definition) is 6. The molecule has 0 spiro atoms. The van der Waals surface area contributed by atoms with Crippen molar-refractivity contribution < 1.29 is 4.79 Å². The molecule has 0 radical (unpaired) electrons. The summed E-state index contributed by atoms with van der Waals surface area (Å²) in [7, 11) is 1.92. The minimum atomic E-state index is -0.168. The van der Waals surface area contributed by atoms with Crippen LogP contribution in [0.4, 0.5) is 5.95 Å². The standard InChI is InChI=1S/C16H23N7O/c1-4-10-11(5-2)21-22-16(18-10)19-12-6-7-14(24)20-15(12)13-8-17-9-23(13)3/h8-9,12,15H,4-7H2,1-3H3,(H,20,24)(H,18,19,22)/t12-,15-/m1/s1. The number of amides is 1.